The van der Waals surface area contributed by atoms with E-state index >= 15 is 0 Å². The summed E-state index contributed by atoms with van der Waals surface area (Å²) in [5, 5.41) is 3.76. The van der Waals surface area contributed by atoms with Crippen LogP contribution in [-0.2, 0) is 4.84 Å². The van der Waals surface area contributed by atoms with E-state index in [0.29, 0.717) is 6.04 Å². The predicted octanol–water partition coefficient (Wildman–Crippen LogP) is 3.25. The number of hydrogen-bond donors (Lipinski definition) is 0. The lowest BCUT2D eigenvalue weighted by Gasteiger charge is -2.18. The molecule has 0 bridgehead atoms. The van der Waals surface area contributed by atoms with E-state index in [0.717, 1.165) is 18.4 Å². The molecule has 0 saturated carbocycles. The summed E-state index contributed by atoms with van der Waals surface area (Å²) in [5.74, 6) is 0. The van der Waals surface area contributed by atoms with E-state index in [2.05, 4.69) is 50.7 Å². The highest BCUT2D eigenvalue weighted by molar-refractivity contribution is 5.79. The van der Waals surface area contributed by atoms with Crippen molar-refractivity contribution in [2.75, 3.05) is 7.11 Å². The second-order valence-electron chi connectivity index (χ2n) is 4.40. The van der Waals surface area contributed by atoms with Crippen LogP contribution in [0.2, 0.25) is 0 Å². The molecule has 1 unspecified atom stereocenters. The predicted molar refractivity (Wildman–Crippen MR) is 76.3 cm³/mol. The van der Waals surface area contributed by atoms with Crippen LogP contribution in [0.3, 0.4) is 0 Å². The number of benzene rings is 1. The normalized spacial score (nSPS) is 12.7. The van der Waals surface area contributed by atoms with Crippen LogP contribution >= 0.6 is 0 Å². The van der Waals surface area contributed by atoms with Crippen molar-refractivity contribution in [2.24, 2.45) is 5.16 Å². The summed E-state index contributed by atoms with van der Waals surface area (Å²) in [5.41, 5.74) is 2.32. The first kappa shape index (κ1) is 13.3. The van der Waals surface area contributed by atoms with Gasteiger partial charge in [0.2, 0.25) is 0 Å². The van der Waals surface area contributed by atoms with Crippen molar-refractivity contribution in [2.45, 2.75) is 25.8 Å². The minimum absolute atomic E-state index is 0.348. The largest absolute Gasteiger partial charge is 0.399 e. The molecular weight excluding hydrogens is 238 g/mol. The molecule has 4 nitrogen and oxygen atoms in total. The van der Waals surface area contributed by atoms with Crippen LogP contribution in [-0.4, -0.2) is 22.9 Å². The van der Waals surface area contributed by atoms with Crippen molar-refractivity contribution in [1.29, 1.82) is 0 Å². The zero-order valence-corrected chi connectivity index (χ0v) is 11.4. The van der Waals surface area contributed by atoms with Crippen molar-refractivity contribution < 1.29 is 4.84 Å². The number of rotatable bonds is 6. The third kappa shape index (κ3) is 3.44. The van der Waals surface area contributed by atoms with Crippen LogP contribution in [0.15, 0.2) is 48.1 Å². The van der Waals surface area contributed by atoms with Gasteiger partial charge in [-0.25, -0.2) is 4.98 Å². The SMILES string of the molecule is CCCC(c1ccc(C=NOC)cc1)n1ccnc1. The highest BCUT2D eigenvalue weighted by Crippen LogP contribution is 2.23. The van der Waals surface area contributed by atoms with Crippen LogP contribution in [0.25, 0.3) is 0 Å². The quantitative estimate of drug-likeness (QED) is 0.588. The minimum Gasteiger partial charge on any atom is -0.399 e. The molecule has 0 N–H and O–H groups in total. The summed E-state index contributed by atoms with van der Waals surface area (Å²) in [7, 11) is 1.54. The molecule has 2 rings (SSSR count). The van der Waals surface area contributed by atoms with Gasteiger partial charge in [-0.3, -0.25) is 0 Å². The van der Waals surface area contributed by atoms with E-state index in [1.807, 2.05) is 18.7 Å². The van der Waals surface area contributed by atoms with Gasteiger partial charge in [-0.1, -0.05) is 42.8 Å². The Kier molecular flexibility index (Phi) is 4.72. The molecule has 0 fully saturated rings. The average molecular weight is 257 g/mol. The van der Waals surface area contributed by atoms with Crippen molar-refractivity contribution in [3.05, 3.63) is 54.1 Å². The third-order valence-corrected chi connectivity index (χ3v) is 3.08. The molecule has 1 atom stereocenters. The van der Waals surface area contributed by atoms with Crippen LogP contribution in [0.5, 0.6) is 0 Å². The van der Waals surface area contributed by atoms with Crippen LogP contribution in [0, 0.1) is 0 Å². The first-order chi connectivity index (χ1) is 9.35. The van der Waals surface area contributed by atoms with Crippen LogP contribution < -0.4 is 0 Å². The number of imidazole rings is 1. The summed E-state index contributed by atoms with van der Waals surface area (Å²) in [4.78, 5) is 8.81. The Balaban J connectivity index is 2.20. The minimum atomic E-state index is 0.348. The van der Waals surface area contributed by atoms with Gasteiger partial charge in [0.25, 0.3) is 0 Å². The second-order valence-corrected chi connectivity index (χ2v) is 4.40. The maximum Gasteiger partial charge on any atom is 0.106 e. The van der Waals surface area contributed by atoms with Gasteiger partial charge < -0.3 is 9.40 Å². The Morgan fingerprint density at radius 3 is 2.74 bits per heavy atom. The van der Waals surface area contributed by atoms with E-state index in [9.17, 15) is 0 Å². The van der Waals surface area contributed by atoms with Gasteiger partial charge in [-0.15, -0.1) is 0 Å². The van der Waals surface area contributed by atoms with Gasteiger partial charge in [0.1, 0.15) is 7.11 Å². The average Bonchev–Trinajstić information content (AvgIpc) is 2.97. The molecule has 19 heavy (non-hydrogen) atoms. The zero-order chi connectivity index (χ0) is 13.5. The first-order valence-electron chi connectivity index (χ1n) is 6.49. The molecule has 0 saturated heterocycles. The van der Waals surface area contributed by atoms with Crippen molar-refractivity contribution >= 4 is 6.21 Å². The molecule has 0 aliphatic rings. The fraction of sp³-hybridized carbons (Fsp3) is 0.333. The molecule has 0 amide bonds. The highest BCUT2D eigenvalue weighted by atomic mass is 16.6. The van der Waals surface area contributed by atoms with E-state index in [1.54, 1.807) is 13.3 Å². The highest BCUT2D eigenvalue weighted by Gasteiger charge is 2.11. The summed E-state index contributed by atoms with van der Waals surface area (Å²) in [6.45, 7) is 2.20. The van der Waals surface area contributed by atoms with Gasteiger partial charge in [-0.2, -0.15) is 0 Å². The summed E-state index contributed by atoms with van der Waals surface area (Å²) < 4.78 is 2.15. The molecule has 0 aliphatic carbocycles. The Morgan fingerprint density at radius 1 is 1.37 bits per heavy atom. The molecule has 0 radical (unpaired) electrons. The zero-order valence-electron chi connectivity index (χ0n) is 11.4. The van der Waals surface area contributed by atoms with E-state index in [4.69, 9.17) is 0 Å². The number of aromatic nitrogens is 2. The van der Waals surface area contributed by atoms with Crippen LogP contribution in [0.1, 0.15) is 36.9 Å². The van der Waals surface area contributed by atoms with Crippen molar-refractivity contribution in [1.82, 2.24) is 9.55 Å². The van der Waals surface area contributed by atoms with E-state index in [1.165, 1.54) is 5.56 Å². The molecule has 2 aromatic rings. The summed E-state index contributed by atoms with van der Waals surface area (Å²) >= 11 is 0. The Bertz CT molecular complexity index is 503. The fourth-order valence-electron chi connectivity index (χ4n) is 2.13. The molecule has 100 valence electrons. The molecule has 0 spiro atoms. The Morgan fingerprint density at radius 2 is 2.16 bits per heavy atom. The van der Waals surface area contributed by atoms with Gasteiger partial charge in [0, 0.05) is 12.4 Å². The Hall–Kier alpha value is -2.10. The molecule has 0 aliphatic heterocycles. The topological polar surface area (TPSA) is 39.4 Å². The molecule has 1 aromatic heterocycles. The standard InChI is InChI=1S/C15H19N3O/c1-3-4-15(18-10-9-16-12-18)14-7-5-13(6-8-14)11-17-19-2/h5-12,15H,3-4H2,1-2H3. The van der Waals surface area contributed by atoms with E-state index in [-0.39, 0.29) is 0 Å². The van der Waals surface area contributed by atoms with Gasteiger partial charge >= 0.3 is 0 Å². The lowest BCUT2D eigenvalue weighted by atomic mass is 10.0. The molecule has 1 aromatic carbocycles. The van der Waals surface area contributed by atoms with Gasteiger partial charge in [0.15, 0.2) is 0 Å². The van der Waals surface area contributed by atoms with Crippen molar-refractivity contribution in [3.63, 3.8) is 0 Å². The van der Waals surface area contributed by atoms with E-state index < -0.39 is 0 Å². The number of nitrogens with zero attached hydrogens (tertiary/aromatic N) is 3. The molecular formula is C15H19N3O. The van der Waals surface area contributed by atoms with Gasteiger partial charge in [-0.05, 0) is 17.5 Å². The lowest BCUT2D eigenvalue weighted by molar-refractivity contribution is 0.215. The third-order valence-electron chi connectivity index (χ3n) is 3.08. The second kappa shape index (κ2) is 6.73. The van der Waals surface area contributed by atoms with Crippen molar-refractivity contribution in [3.8, 4) is 0 Å². The number of oxime groups is 1. The first-order valence-corrected chi connectivity index (χ1v) is 6.49. The summed E-state index contributed by atoms with van der Waals surface area (Å²) in [6, 6.07) is 8.73. The lowest BCUT2D eigenvalue weighted by Crippen LogP contribution is -2.08. The molecule has 4 heteroatoms. The number of hydrogen-bond acceptors (Lipinski definition) is 3. The maximum absolute atomic E-state index is 4.68. The summed E-state index contributed by atoms with van der Waals surface area (Å²) in [6.07, 6.45) is 9.65. The fourth-order valence-corrected chi connectivity index (χ4v) is 2.13. The van der Waals surface area contributed by atoms with Crippen LogP contribution in [0.4, 0.5) is 0 Å². The smallest absolute Gasteiger partial charge is 0.106 e. The molecule has 1 heterocycles. The monoisotopic (exact) mass is 257 g/mol. The Labute approximate surface area is 113 Å². The van der Waals surface area contributed by atoms with Gasteiger partial charge in [0.05, 0.1) is 18.6 Å². The maximum atomic E-state index is 4.68.